The van der Waals surface area contributed by atoms with Crippen molar-refractivity contribution in [1.29, 1.82) is 0 Å². The number of nitrogens with one attached hydrogen (secondary N) is 2. The zero-order valence-electron chi connectivity index (χ0n) is 11.7. The third kappa shape index (κ3) is 3.98. The predicted octanol–water partition coefficient (Wildman–Crippen LogP) is 3.43. The Morgan fingerprint density at radius 2 is 2.05 bits per heavy atom. The van der Waals surface area contributed by atoms with Crippen LogP contribution in [0.25, 0.3) is 0 Å². The van der Waals surface area contributed by atoms with Crippen molar-refractivity contribution in [3.05, 3.63) is 29.8 Å². The average Bonchev–Trinajstić information content (AvgIpc) is 2.39. The monoisotopic (exact) mass is 260 g/mol. The van der Waals surface area contributed by atoms with Crippen LogP contribution in [0.5, 0.6) is 0 Å². The quantitative estimate of drug-likeness (QED) is 0.788. The number of amides is 1. The molecular formula is C16H24N2O. The van der Waals surface area contributed by atoms with Gasteiger partial charge in [-0.2, -0.15) is 0 Å². The first-order valence-corrected chi connectivity index (χ1v) is 7.42. The minimum Gasteiger partial charge on any atom is -0.384 e. The van der Waals surface area contributed by atoms with Crippen LogP contribution in [-0.2, 0) is 0 Å². The Morgan fingerprint density at radius 3 is 2.74 bits per heavy atom. The second-order valence-electron chi connectivity index (χ2n) is 5.31. The molecule has 1 aromatic rings. The molecule has 3 nitrogen and oxygen atoms in total. The van der Waals surface area contributed by atoms with Crippen molar-refractivity contribution in [2.45, 2.75) is 39.0 Å². The topological polar surface area (TPSA) is 41.1 Å². The molecule has 0 bridgehead atoms. The van der Waals surface area contributed by atoms with Crippen LogP contribution in [0.2, 0.25) is 0 Å². The summed E-state index contributed by atoms with van der Waals surface area (Å²) in [7, 11) is 0. The van der Waals surface area contributed by atoms with Crippen molar-refractivity contribution in [2.75, 3.05) is 18.4 Å². The van der Waals surface area contributed by atoms with Gasteiger partial charge in [-0.1, -0.05) is 38.3 Å². The zero-order chi connectivity index (χ0) is 13.5. The third-order valence-electron chi connectivity index (χ3n) is 3.80. The lowest BCUT2D eigenvalue weighted by molar-refractivity contribution is 0.0950. The SMILES string of the molecule is CCCNc1ccccc1C(=O)NCCC1CCC1. The van der Waals surface area contributed by atoms with E-state index in [0.717, 1.165) is 43.1 Å². The van der Waals surface area contributed by atoms with Crippen LogP contribution in [0.15, 0.2) is 24.3 Å². The summed E-state index contributed by atoms with van der Waals surface area (Å²) in [6.07, 6.45) is 6.21. The Labute approximate surface area is 115 Å². The van der Waals surface area contributed by atoms with Gasteiger partial charge in [0.2, 0.25) is 0 Å². The number of anilines is 1. The smallest absolute Gasteiger partial charge is 0.253 e. The van der Waals surface area contributed by atoms with Crippen molar-refractivity contribution in [3.8, 4) is 0 Å². The summed E-state index contributed by atoms with van der Waals surface area (Å²) in [6.45, 7) is 3.81. The molecule has 0 heterocycles. The molecule has 2 N–H and O–H groups in total. The minimum atomic E-state index is 0.0403. The largest absolute Gasteiger partial charge is 0.384 e. The second kappa shape index (κ2) is 7.17. The van der Waals surface area contributed by atoms with Gasteiger partial charge in [0.1, 0.15) is 0 Å². The van der Waals surface area contributed by atoms with Gasteiger partial charge in [0.15, 0.2) is 0 Å². The summed E-state index contributed by atoms with van der Waals surface area (Å²) >= 11 is 0. The number of carbonyl (C=O) groups excluding carboxylic acids is 1. The predicted molar refractivity (Wildman–Crippen MR) is 79.5 cm³/mol. The van der Waals surface area contributed by atoms with E-state index < -0.39 is 0 Å². The maximum atomic E-state index is 12.2. The molecule has 19 heavy (non-hydrogen) atoms. The van der Waals surface area contributed by atoms with E-state index >= 15 is 0 Å². The van der Waals surface area contributed by atoms with Crippen LogP contribution < -0.4 is 10.6 Å². The van der Waals surface area contributed by atoms with Crippen molar-refractivity contribution >= 4 is 11.6 Å². The van der Waals surface area contributed by atoms with Crippen molar-refractivity contribution in [1.82, 2.24) is 5.32 Å². The molecule has 0 atom stereocenters. The summed E-state index contributed by atoms with van der Waals surface area (Å²) in [4.78, 5) is 12.2. The van der Waals surface area contributed by atoms with Gasteiger partial charge in [-0.15, -0.1) is 0 Å². The molecular weight excluding hydrogens is 236 g/mol. The zero-order valence-corrected chi connectivity index (χ0v) is 11.7. The fourth-order valence-corrected chi connectivity index (χ4v) is 2.36. The Hall–Kier alpha value is -1.51. The first-order valence-electron chi connectivity index (χ1n) is 7.42. The van der Waals surface area contributed by atoms with Crippen LogP contribution >= 0.6 is 0 Å². The fourth-order valence-electron chi connectivity index (χ4n) is 2.36. The van der Waals surface area contributed by atoms with E-state index in [9.17, 15) is 4.79 Å². The summed E-state index contributed by atoms with van der Waals surface area (Å²) in [5, 5.41) is 6.34. The lowest BCUT2D eigenvalue weighted by atomic mass is 9.83. The van der Waals surface area contributed by atoms with Crippen molar-refractivity contribution in [2.24, 2.45) is 5.92 Å². The number of hydrogen-bond acceptors (Lipinski definition) is 2. The van der Waals surface area contributed by atoms with Gasteiger partial charge < -0.3 is 10.6 Å². The van der Waals surface area contributed by atoms with E-state index in [0.29, 0.717) is 0 Å². The summed E-state index contributed by atoms with van der Waals surface area (Å²) in [5.74, 6) is 0.882. The summed E-state index contributed by atoms with van der Waals surface area (Å²) in [5.41, 5.74) is 1.69. The van der Waals surface area contributed by atoms with Gasteiger partial charge in [0.25, 0.3) is 5.91 Å². The molecule has 0 saturated heterocycles. The Morgan fingerprint density at radius 1 is 1.26 bits per heavy atom. The third-order valence-corrected chi connectivity index (χ3v) is 3.80. The molecule has 3 heteroatoms. The van der Waals surface area contributed by atoms with Crippen molar-refractivity contribution < 1.29 is 4.79 Å². The van der Waals surface area contributed by atoms with E-state index in [1.165, 1.54) is 19.3 Å². The van der Waals surface area contributed by atoms with Gasteiger partial charge in [0.05, 0.1) is 5.56 Å². The maximum absolute atomic E-state index is 12.2. The Kier molecular flexibility index (Phi) is 5.25. The number of benzene rings is 1. The highest BCUT2D eigenvalue weighted by atomic mass is 16.1. The highest BCUT2D eigenvalue weighted by molar-refractivity contribution is 5.99. The molecule has 0 aliphatic heterocycles. The first-order chi connectivity index (χ1) is 9.31. The average molecular weight is 260 g/mol. The van der Waals surface area contributed by atoms with Crippen LogP contribution in [-0.4, -0.2) is 19.0 Å². The highest BCUT2D eigenvalue weighted by Gasteiger charge is 2.17. The van der Waals surface area contributed by atoms with E-state index in [2.05, 4.69) is 17.6 Å². The van der Waals surface area contributed by atoms with E-state index in [1.807, 2.05) is 24.3 Å². The van der Waals surface area contributed by atoms with Gasteiger partial charge in [-0.25, -0.2) is 0 Å². The highest BCUT2D eigenvalue weighted by Crippen LogP contribution is 2.28. The van der Waals surface area contributed by atoms with Gasteiger partial charge in [-0.05, 0) is 30.9 Å². The van der Waals surface area contributed by atoms with Crippen LogP contribution in [0.4, 0.5) is 5.69 Å². The summed E-state index contributed by atoms with van der Waals surface area (Å²) in [6, 6.07) is 7.73. The van der Waals surface area contributed by atoms with Crippen LogP contribution in [0.1, 0.15) is 49.4 Å². The van der Waals surface area contributed by atoms with Crippen molar-refractivity contribution in [3.63, 3.8) is 0 Å². The molecule has 1 amide bonds. The molecule has 1 saturated carbocycles. The Bertz CT molecular complexity index is 413. The van der Waals surface area contributed by atoms with Gasteiger partial charge in [0, 0.05) is 18.8 Å². The molecule has 104 valence electrons. The number of rotatable bonds is 7. The number of carbonyl (C=O) groups is 1. The molecule has 0 spiro atoms. The maximum Gasteiger partial charge on any atom is 0.253 e. The van der Waals surface area contributed by atoms with Crippen LogP contribution in [0, 0.1) is 5.92 Å². The normalized spacial score (nSPS) is 14.8. The molecule has 0 unspecified atom stereocenters. The Balaban J connectivity index is 1.85. The molecule has 0 aromatic heterocycles. The van der Waals surface area contributed by atoms with Crippen LogP contribution in [0.3, 0.4) is 0 Å². The first kappa shape index (κ1) is 13.9. The van der Waals surface area contributed by atoms with Gasteiger partial charge >= 0.3 is 0 Å². The molecule has 1 aliphatic rings. The van der Waals surface area contributed by atoms with E-state index in [-0.39, 0.29) is 5.91 Å². The van der Waals surface area contributed by atoms with Gasteiger partial charge in [-0.3, -0.25) is 4.79 Å². The van der Waals surface area contributed by atoms with E-state index in [1.54, 1.807) is 0 Å². The fraction of sp³-hybridized carbons (Fsp3) is 0.562. The minimum absolute atomic E-state index is 0.0403. The lowest BCUT2D eigenvalue weighted by Gasteiger charge is -2.25. The molecule has 1 fully saturated rings. The standard InChI is InChI=1S/C16H24N2O/c1-2-11-17-15-9-4-3-8-14(15)16(19)18-12-10-13-6-5-7-13/h3-4,8-9,13,17H,2,5-7,10-12H2,1H3,(H,18,19). The molecule has 0 radical (unpaired) electrons. The molecule has 1 aromatic carbocycles. The number of para-hydroxylation sites is 1. The number of hydrogen-bond donors (Lipinski definition) is 2. The lowest BCUT2D eigenvalue weighted by Crippen LogP contribution is -2.28. The molecule has 2 rings (SSSR count). The summed E-state index contributed by atoms with van der Waals surface area (Å²) < 4.78 is 0. The molecule has 1 aliphatic carbocycles. The van der Waals surface area contributed by atoms with E-state index in [4.69, 9.17) is 0 Å². The second-order valence-corrected chi connectivity index (χ2v) is 5.31.